The van der Waals surface area contributed by atoms with E-state index < -0.39 is 11.7 Å². The Bertz CT molecular complexity index is 788. The van der Waals surface area contributed by atoms with E-state index >= 15 is 0 Å². The van der Waals surface area contributed by atoms with Gasteiger partial charge in [0.15, 0.2) is 0 Å². The molecule has 0 radical (unpaired) electrons. The number of benzene rings is 1. The molecule has 0 bridgehead atoms. The molecule has 1 N–H and O–H groups in total. The lowest BCUT2D eigenvalue weighted by Gasteiger charge is -2.16. The topological polar surface area (TPSA) is 59.9 Å². The van der Waals surface area contributed by atoms with Crippen LogP contribution in [0.4, 0.5) is 24.8 Å². The largest absolute Gasteiger partial charge is 0.464 e. The molecule has 1 aliphatic rings. The number of nitrogens with one attached hydrogen (secondary N) is 1. The smallest absolute Gasteiger partial charge is 0.416 e. The highest BCUT2D eigenvalue weighted by Crippen LogP contribution is 2.32. The highest BCUT2D eigenvalue weighted by molar-refractivity contribution is 5.55. The predicted molar refractivity (Wildman–Crippen MR) is 105 cm³/mol. The van der Waals surface area contributed by atoms with Crippen molar-refractivity contribution in [2.24, 2.45) is 0 Å². The van der Waals surface area contributed by atoms with Crippen LogP contribution >= 0.6 is 0 Å². The normalized spacial score (nSPS) is 16.6. The molecule has 1 aromatic heterocycles. The first-order chi connectivity index (χ1) is 14.0. The van der Waals surface area contributed by atoms with Crippen molar-refractivity contribution in [2.45, 2.75) is 70.4 Å². The van der Waals surface area contributed by atoms with E-state index in [-0.39, 0.29) is 23.6 Å². The number of anilines is 2. The maximum absolute atomic E-state index is 13.0. The van der Waals surface area contributed by atoms with E-state index in [1.165, 1.54) is 31.7 Å². The molecule has 29 heavy (non-hydrogen) atoms. The molecular weight excluding hydrogens is 381 g/mol. The number of hydrogen-bond donors (Lipinski definition) is 1. The molecule has 0 spiro atoms. The Hall–Kier alpha value is -2.38. The van der Waals surface area contributed by atoms with Crippen molar-refractivity contribution in [3.63, 3.8) is 0 Å². The first-order valence-corrected chi connectivity index (χ1v) is 10.3. The summed E-state index contributed by atoms with van der Waals surface area (Å²) in [5, 5.41) is 2.89. The fourth-order valence-electron chi connectivity index (χ4n) is 3.60. The maximum atomic E-state index is 13.0. The summed E-state index contributed by atoms with van der Waals surface area (Å²) in [6, 6.07) is 5.19. The van der Waals surface area contributed by atoms with Crippen molar-refractivity contribution < 1.29 is 17.9 Å². The van der Waals surface area contributed by atoms with Gasteiger partial charge in [-0.25, -0.2) is 0 Å². The lowest BCUT2D eigenvalue weighted by Crippen LogP contribution is -2.11. The number of aromatic nitrogens is 3. The fraction of sp³-hybridized carbons (Fsp3) is 0.571. The van der Waals surface area contributed by atoms with Crippen LogP contribution in [0, 0.1) is 0 Å². The van der Waals surface area contributed by atoms with E-state index in [1.54, 1.807) is 6.07 Å². The third-order valence-electron chi connectivity index (χ3n) is 5.07. The van der Waals surface area contributed by atoms with Gasteiger partial charge in [-0.15, -0.1) is 0 Å². The molecule has 0 saturated heterocycles. The van der Waals surface area contributed by atoms with Crippen LogP contribution in [0.1, 0.15) is 75.6 Å². The zero-order valence-electron chi connectivity index (χ0n) is 16.6. The summed E-state index contributed by atoms with van der Waals surface area (Å²) in [6.07, 6.45) is 4.76. The van der Waals surface area contributed by atoms with Gasteiger partial charge in [0.1, 0.15) is 5.82 Å². The summed E-state index contributed by atoms with van der Waals surface area (Å²) >= 11 is 0. The standard InChI is InChI=1S/C21H27F3N4O/c1-2-29-20-27-18(15-10-7-5-3-4-6-8-11-15)26-19(28-20)25-17-13-9-12-16(14-17)21(22,23)24/h9,12-15H,2-8,10-11H2,1H3,(H,25,26,27,28). The van der Waals surface area contributed by atoms with Gasteiger partial charge in [-0.1, -0.05) is 44.6 Å². The van der Waals surface area contributed by atoms with Crippen LogP contribution < -0.4 is 10.1 Å². The van der Waals surface area contributed by atoms with E-state index in [0.29, 0.717) is 12.4 Å². The molecule has 0 amide bonds. The number of hydrogen-bond acceptors (Lipinski definition) is 5. The minimum absolute atomic E-state index is 0.201. The average Bonchev–Trinajstić information content (AvgIpc) is 2.82. The van der Waals surface area contributed by atoms with Crippen molar-refractivity contribution in [3.05, 3.63) is 35.7 Å². The van der Waals surface area contributed by atoms with Crippen LogP contribution in [0.5, 0.6) is 6.01 Å². The van der Waals surface area contributed by atoms with Crippen molar-refractivity contribution in [1.29, 1.82) is 0 Å². The summed E-state index contributed by atoms with van der Waals surface area (Å²) < 4.78 is 44.5. The van der Waals surface area contributed by atoms with E-state index in [9.17, 15) is 13.2 Å². The van der Waals surface area contributed by atoms with E-state index in [1.807, 2.05) is 6.92 Å². The van der Waals surface area contributed by atoms with Gasteiger partial charge in [0.05, 0.1) is 12.2 Å². The maximum Gasteiger partial charge on any atom is 0.416 e. The molecule has 8 heteroatoms. The van der Waals surface area contributed by atoms with Gasteiger partial charge in [0.2, 0.25) is 5.95 Å². The van der Waals surface area contributed by atoms with Gasteiger partial charge in [-0.2, -0.15) is 28.1 Å². The van der Waals surface area contributed by atoms with Crippen LogP contribution in [0.25, 0.3) is 0 Å². The monoisotopic (exact) mass is 408 g/mol. The SMILES string of the molecule is CCOc1nc(Nc2cccc(C(F)(F)F)c2)nc(C2CCCCCCCC2)n1. The molecule has 3 rings (SSSR count). The number of ether oxygens (including phenoxy) is 1. The molecular formula is C21H27F3N4O. The summed E-state index contributed by atoms with van der Waals surface area (Å²) in [4.78, 5) is 13.2. The summed E-state index contributed by atoms with van der Waals surface area (Å²) in [6.45, 7) is 2.24. The Kier molecular flexibility index (Phi) is 7.28. The van der Waals surface area contributed by atoms with Crippen molar-refractivity contribution in [2.75, 3.05) is 11.9 Å². The molecule has 2 aromatic rings. The Labute approximate surface area is 169 Å². The first-order valence-electron chi connectivity index (χ1n) is 10.3. The molecule has 158 valence electrons. The molecule has 1 aromatic carbocycles. The first kappa shape index (κ1) is 21.3. The van der Waals surface area contributed by atoms with Gasteiger partial charge < -0.3 is 10.1 Å². The van der Waals surface area contributed by atoms with Crippen molar-refractivity contribution >= 4 is 11.6 Å². The van der Waals surface area contributed by atoms with Gasteiger partial charge in [0.25, 0.3) is 0 Å². The van der Waals surface area contributed by atoms with Crippen LogP contribution in [-0.4, -0.2) is 21.6 Å². The van der Waals surface area contributed by atoms with Crippen LogP contribution in [0.2, 0.25) is 0 Å². The van der Waals surface area contributed by atoms with Crippen molar-refractivity contribution in [1.82, 2.24) is 15.0 Å². The molecule has 1 fully saturated rings. The van der Waals surface area contributed by atoms with E-state index in [2.05, 4.69) is 20.3 Å². The summed E-state index contributed by atoms with van der Waals surface area (Å²) in [5.74, 6) is 1.06. The van der Waals surface area contributed by atoms with Crippen LogP contribution in [-0.2, 0) is 6.18 Å². The fourth-order valence-corrected chi connectivity index (χ4v) is 3.60. The second-order valence-corrected chi connectivity index (χ2v) is 7.33. The lowest BCUT2D eigenvalue weighted by atomic mass is 9.96. The minimum atomic E-state index is -4.41. The van der Waals surface area contributed by atoms with E-state index in [4.69, 9.17) is 4.74 Å². The zero-order chi connectivity index (χ0) is 20.7. The average molecular weight is 408 g/mol. The molecule has 1 heterocycles. The number of nitrogens with zero attached hydrogens (tertiary/aromatic N) is 3. The number of alkyl halides is 3. The quantitative estimate of drug-likeness (QED) is 0.634. The summed E-state index contributed by atoms with van der Waals surface area (Å²) in [7, 11) is 0. The molecule has 1 saturated carbocycles. The van der Waals surface area contributed by atoms with Gasteiger partial charge in [0, 0.05) is 11.6 Å². The highest BCUT2D eigenvalue weighted by atomic mass is 19.4. The molecule has 0 unspecified atom stereocenters. The van der Waals surface area contributed by atoms with Gasteiger partial charge >= 0.3 is 12.2 Å². The second-order valence-electron chi connectivity index (χ2n) is 7.33. The number of halogens is 3. The Morgan fingerprint density at radius 3 is 2.34 bits per heavy atom. The number of rotatable bonds is 5. The van der Waals surface area contributed by atoms with Crippen LogP contribution in [0.15, 0.2) is 24.3 Å². The third-order valence-corrected chi connectivity index (χ3v) is 5.07. The highest BCUT2D eigenvalue weighted by Gasteiger charge is 2.30. The summed E-state index contributed by atoms with van der Waals surface area (Å²) in [5.41, 5.74) is -0.452. The third kappa shape index (κ3) is 6.30. The van der Waals surface area contributed by atoms with Gasteiger partial charge in [-0.05, 0) is 38.0 Å². The Morgan fingerprint density at radius 2 is 1.69 bits per heavy atom. The minimum Gasteiger partial charge on any atom is -0.464 e. The van der Waals surface area contributed by atoms with E-state index in [0.717, 1.165) is 37.8 Å². The zero-order valence-corrected chi connectivity index (χ0v) is 16.6. The lowest BCUT2D eigenvalue weighted by molar-refractivity contribution is -0.137. The van der Waals surface area contributed by atoms with Gasteiger partial charge in [-0.3, -0.25) is 0 Å². The predicted octanol–water partition coefficient (Wildman–Crippen LogP) is 6.25. The second kappa shape index (κ2) is 9.89. The van der Waals surface area contributed by atoms with Crippen molar-refractivity contribution in [3.8, 4) is 6.01 Å². The van der Waals surface area contributed by atoms with Crippen LogP contribution in [0.3, 0.4) is 0 Å². The Morgan fingerprint density at radius 1 is 1.00 bits per heavy atom. The molecule has 5 nitrogen and oxygen atoms in total. The molecule has 0 atom stereocenters. The molecule has 0 aliphatic heterocycles. The Balaban J connectivity index is 1.86. The molecule has 1 aliphatic carbocycles.